The first-order valence-corrected chi connectivity index (χ1v) is 5.81. The van der Waals surface area contributed by atoms with Crippen molar-refractivity contribution >= 4 is 28.3 Å². The smallest absolute Gasteiger partial charge is 0.226 e. The summed E-state index contributed by atoms with van der Waals surface area (Å²) in [4.78, 5) is 22.6. The van der Waals surface area contributed by atoms with Gasteiger partial charge < -0.3 is 10.6 Å². The Morgan fingerprint density at radius 3 is 2.62 bits per heavy atom. The molecule has 0 aliphatic rings. The molecule has 7 heteroatoms. The van der Waals surface area contributed by atoms with Gasteiger partial charge in [0.1, 0.15) is 5.51 Å². The molecule has 6 nitrogen and oxygen atoms in total. The van der Waals surface area contributed by atoms with Gasteiger partial charge in [-0.3, -0.25) is 9.59 Å². The van der Waals surface area contributed by atoms with Gasteiger partial charge in [-0.15, -0.1) is 10.2 Å². The molecule has 0 spiro atoms. The second-order valence-corrected chi connectivity index (χ2v) is 4.35. The number of anilines is 1. The Balaban J connectivity index is 2.23. The van der Waals surface area contributed by atoms with Gasteiger partial charge in [0.2, 0.25) is 16.9 Å². The molecule has 0 bridgehead atoms. The Bertz CT molecular complexity index is 350. The van der Waals surface area contributed by atoms with E-state index in [1.165, 1.54) is 16.8 Å². The summed E-state index contributed by atoms with van der Waals surface area (Å²) in [6.07, 6.45) is 0.334. The number of hydrogen-bond donors (Lipinski definition) is 2. The topological polar surface area (TPSA) is 84.0 Å². The summed E-state index contributed by atoms with van der Waals surface area (Å²) in [5, 5.41) is 13.0. The van der Waals surface area contributed by atoms with Gasteiger partial charge in [0.25, 0.3) is 0 Å². The average Bonchev–Trinajstić information content (AvgIpc) is 2.66. The minimum Gasteiger partial charge on any atom is -0.354 e. The van der Waals surface area contributed by atoms with Crippen LogP contribution in [0.1, 0.15) is 26.7 Å². The SMILES string of the molecule is CC(C)NC(=O)CCC(=O)Nc1nncs1. The zero-order valence-corrected chi connectivity index (χ0v) is 10.0. The van der Waals surface area contributed by atoms with Crippen molar-refractivity contribution in [3.05, 3.63) is 5.51 Å². The molecule has 0 aliphatic carbocycles. The number of nitrogens with one attached hydrogen (secondary N) is 2. The second-order valence-electron chi connectivity index (χ2n) is 3.51. The Kier molecular flexibility index (Phi) is 4.84. The van der Waals surface area contributed by atoms with Crippen molar-refractivity contribution in [1.82, 2.24) is 15.5 Å². The van der Waals surface area contributed by atoms with Gasteiger partial charge in [-0.05, 0) is 13.8 Å². The third-order valence-electron chi connectivity index (χ3n) is 1.64. The summed E-state index contributed by atoms with van der Waals surface area (Å²) in [7, 11) is 0. The minimum atomic E-state index is -0.226. The summed E-state index contributed by atoms with van der Waals surface area (Å²) >= 11 is 1.24. The molecule has 0 unspecified atom stereocenters. The molecule has 16 heavy (non-hydrogen) atoms. The van der Waals surface area contributed by atoms with Crippen molar-refractivity contribution in [3.8, 4) is 0 Å². The molecule has 0 aliphatic heterocycles. The van der Waals surface area contributed by atoms with Crippen molar-refractivity contribution in [2.24, 2.45) is 0 Å². The van der Waals surface area contributed by atoms with E-state index >= 15 is 0 Å². The van der Waals surface area contributed by atoms with E-state index in [0.717, 1.165) is 0 Å². The predicted octanol–water partition coefficient (Wildman–Crippen LogP) is 0.781. The number of rotatable bonds is 5. The largest absolute Gasteiger partial charge is 0.354 e. The van der Waals surface area contributed by atoms with Gasteiger partial charge >= 0.3 is 0 Å². The van der Waals surface area contributed by atoms with E-state index in [2.05, 4.69) is 20.8 Å². The maximum atomic E-state index is 11.3. The summed E-state index contributed by atoms with van der Waals surface area (Å²) in [6.45, 7) is 3.75. The Hall–Kier alpha value is -1.50. The third kappa shape index (κ3) is 4.83. The summed E-state index contributed by atoms with van der Waals surface area (Å²) in [5.41, 5.74) is 1.53. The molecular formula is C9H14N4O2S. The molecule has 0 fully saturated rings. The molecule has 0 saturated heterocycles. The number of amides is 2. The van der Waals surface area contributed by atoms with E-state index in [-0.39, 0.29) is 30.7 Å². The molecule has 1 aromatic rings. The fraction of sp³-hybridized carbons (Fsp3) is 0.556. The maximum absolute atomic E-state index is 11.3. The Morgan fingerprint density at radius 1 is 1.38 bits per heavy atom. The lowest BCUT2D eigenvalue weighted by molar-refractivity contribution is -0.124. The van der Waals surface area contributed by atoms with E-state index in [1.807, 2.05) is 13.8 Å². The van der Waals surface area contributed by atoms with Gasteiger partial charge in [0.15, 0.2) is 0 Å². The van der Waals surface area contributed by atoms with E-state index in [9.17, 15) is 9.59 Å². The third-order valence-corrected chi connectivity index (χ3v) is 2.24. The molecule has 0 aromatic carbocycles. The number of carbonyl (C=O) groups excluding carboxylic acids is 2. The Labute approximate surface area is 97.5 Å². The molecule has 2 N–H and O–H groups in total. The first-order valence-electron chi connectivity index (χ1n) is 4.93. The lowest BCUT2D eigenvalue weighted by atomic mass is 10.2. The van der Waals surface area contributed by atoms with Crippen LogP contribution >= 0.6 is 11.3 Å². The van der Waals surface area contributed by atoms with Crippen molar-refractivity contribution in [1.29, 1.82) is 0 Å². The molecule has 2 amide bonds. The zero-order valence-electron chi connectivity index (χ0n) is 9.19. The van der Waals surface area contributed by atoms with Crippen LogP contribution in [0.5, 0.6) is 0 Å². The highest BCUT2D eigenvalue weighted by Crippen LogP contribution is 2.08. The maximum Gasteiger partial charge on any atom is 0.226 e. The highest BCUT2D eigenvalue weighted by Gasteiger charge is 2.08. The first kappa shape index (κ1) is 12.6. The molecule has 1 heterocycles. The van der Waals surface area contributed by atoms with Gasteiger partial charge in [0, 0.05) is 18.9 Å². The van der Waals surface area contributed by atoms with Crippen LogP contribution in [0.25, 0.3) is 0 Å². The van der Waals surface area contributed by atoms with Gasteiger partial charge in [-0.25, -0.2) is 0 Å². The number of carbonyl (C=O) groups is 2. The highest BCUT2D eigenvalue weighted by atomic mass is 32.1. The lowest BCUT2D eigenvalue weighted by Gasteiger charge is -2.07. The van der Waals surface area contributed by atoms with E-state index in [0.29, 0.717) is 5.13 Å². The van der Waals surface area contributed by atoms with Crippen molar-refractivity contribution in [3.63, 3.8) is 0 Å². The molecule has 1 rings (SSSR count). The summed E-state index contributed by atoms with van der Waals surface area (Å²) in [6, 6.07) is 0.0960. The van der Waals surface area contributed by atoms with E-state index < -0.39 is 0 Å². The average molecular weight is 242 g/mol. The number of aromatic nitrogens is 2. The van der Waals surface area contributed by atoms with E-state index in [4.69, 9.17) is 0 Å². The molecular weight excluding hydrogens is 228 g/mol. The predicted molar refractivity (Wildman–Crippen MR) is 61.1 cm³/mol. The van der Waals surface area contributed by atoms with Crippen LogP contribution in [0, 0.1) is 0 Å². The standard InChI is InChI=1S/C9H14N4O2S/c1-6(2)11-7(14)3-4-8(15)12-9-13-10-5-16-9/h5-6H,3-4H2,1-2H3,(H,11,14)(H,12,13,15). The zero-order chi connectivity index (χ0) is 12.0. The van der Waals surface area contributed by atoms with Gasteiger partial charge in [-0.2, -0.15) is 0 Å². The molecule has 0 saturated carbocycles. The van der Waals surface area contributed by atoms with Gasteiger partial charge in [0.05, 0.1) is 0 Å². The summed E-state index contributed by atoms with van der Waals surface area (Å²) < 4.78 is 0. The van der Waals surface area contributed by atoms with Crippen LogP contribution in [-0.4, -0.2) is 28.1 Å². The van der Waals surface area contributed by atoms with Crippen LogP contribution in [0.3, 0.4) is 0 Å². The van der Waals surface area contributed by atoms with E-state index in [1.54, 1.807) is 0 Å². The fourth-order valence-corrected chi connectivity index (χ4v) is 1.49. The second kappa shape index (κ2) is 6.16. The monoisotopic (exact) mass is 242 g/mol. The molecule has 0 atom stereocenters. The van der Waals surface area contributed by atoms with Crippen LogP contribution in [-0.2, 0) is 9.59 Å². The lowest BCUT2D eigenvalue weighted by Crippen LogP contribution is -2.30. The molecule has 1 aromatic heterocycles. The number of hydrogen-bond acceptors (Lipinski definition) is 5. The molecule has 0 radical (unpaired) electrons. The first-order chi connectivity index (χ1) is 7.58. The highest BCUT2D eigenvalue weighted by molar-refractivity contribution is 7.13. The summed E-state index contributed by atoms with van der Waals surface area (Å²) in [5.74, 6) is -0.349. The van der Waals surface area contributed by atoms with Crippen molar-refractivity contribution in [2.45, 2.75) is 32.7 Å². The van der Waals surface area contributed by atoms with Crippen molar-refractivity contribution < 1.29 is 9.59 Å². The van der Waals surface area contributed by atoms with Crippen LogP contribution < -0.4 is 10.6 Å². The molecule has 88 valence electrons. The van der Waals surface area contributed by atoms with Gasteiger partial charge in [-0.1, -0.05) is 11.3 Å². The van der Waals surface area contributed by atoms with Crippen molar-refractivity contribution in [2.75, 3.05) is 5.32 Å². The minimum absolute atomic E-state index is 0.0960. The van der Waals surface area contributed by atoms with Crippen LogP contribution in [0.4, 0.5) is 5.13 Å². The quantitative estimate of drug-likeness (QED) is 0.799. The normalized spacial score (nSPS) is 10.2. The number of nitrogens with zero attached hydrogens (tertiary/aromatic N) is 2. The van der Waals surface area contributed by atoms with Crippen LogP contribution in [0.15, 0.2) is 5.51 Å². The fourth-order valence-electron chi connectivity index (χ4n) is 1.03. The van der Waals surface area contributed by atoms with Crippen LogP contribution in [0.2, 0.25) is 0 Å². The Morgan fingerprint density at radius 2 is 2.06 bits per heavy atom.